The van der Waals surface area contributed by atoms with Crippen molar-refractivity contribution in [2.75, 3.05) is 20.1 Å². The van der Waals surface area contributed by atoms with Gasteiger partial charge in [0.1, 0.15) is 10.8 Å². The van der Waals surface area contributed by atoms with Crippen LogP contribution in [0.3, 0.4) is 0 Å². The van der Waals surface area contributed by atoms with Crippen molar-refractivity contribution < 1.29 is 5.11 Å². The summed E-state index contributed by atoms with van der Waals surface area (Å²) in [6.45, 7) is 3.91. The number of pyridine rings is 1. The lowest BCUT2D eigenvalue weighted by atomic mass is 9.79. The molecule has 0 amide bonds. The van der Waals surface area contributed by atoms with Crippen LogP contribution >= 0.6 is 11.6 Å². The fourth-order valence-corrected chi connectivity index (χ4v) is 2.63. The summed E-state index contributed by atoms with van der Waals surface area (Å²) in [5.41, 5.74) is -0.203. The third kappa shape index (κ3) is 2.79. The van der Waals surface area contributed by atoms with E-state index in [1.54, 1.807) is 6.07 Å². The first-order valence-electron chi connectivity index (χ1n) is 6.04. The average molecular weight is 255 g/mol. The Kier molecular flexibility index (Phi) is 3.71. The van der Waals surface area contributed by atoms with Crippen molar-refractivity contribution in [1.82, 2.24) is 9.88 Å². The van der Waals surface area contributed by atoms with Gasteiger partial charge in [-0.25, -0.2) is 4.98 Å². The highest BCUT2D eigenvalue weighted by atomic mass is 35.5. The predicted molar refractivity (Wildman–Crippen MR) is 69.0 cm³/mol. The van der Waals surface area contributed by atoms with Gasteiger partial charge >= 0.3 is 0 Å². The zero-order valence-corrected chi connectivity index (χ0v) is 11.1. The molecule has 1 aliphatic heterocycles. The number of hydrogen-bond donors (Lipinski definition) is 1. The molecule has 94 valence electrons. The fraction of sp³-hybridized carbons (Fsp3) is 0.615. The van der Waals surface area contributed by atoms with Gasteiger partial charge in [0.25, 0.3) is 0 Å². The Labute approximate surface area is 107 Å². The summed E-state index contributed by atoms with van der Waals surface area (Å²) in [6.07, 6.45) is 2.00. The molecule has 2 heterocycles. The number of piperidine rings is 1. The Morgan fingerprint density at radius 2 is 2.06 bits per heavy atom. The Hall–Kier alpha value is -0.640. The van der Waals surface area contributed by atoms with E-state index >= 15 is 0 Å². The maximum absolute atomic E-state index is 10.7. The summed E-state index contributed by atoms with van der Waals surface area (Å²) < 4.78 is 0. The van der Waals surface area contributed by atoms with E-state index in [0.29, 0.717) is 10.8 Å². The van der Waals surface area contributed by atoms with Gasteiger partial charge in [0.2, 0.25) is 0 Å². The molecule has 3 nitrogen and oxygen atoms in total. The molecule has 1 aliphatic rings. The fourth-order valence-electron chi connectivity index (χ4n) is 2.47. The van der Waals surface area contributed by atoms with Gasteiger partial charge in [-0.05, 0) is 58.0 Å². The van der Waals surface area contributed by atoms with Gasteiger partial charge < -0.3 is 10.0 Å². The van der Waals surface area contributed by atoms with Crippen LogP contribution in [0.15, 0.2) is 18.2 Å². The first-order chi connectivity index (χ1) is 8.00. The summed E-state index contributed by atoms with van der Waals surface area (Å²) in [5, 5.41) is 11.1. The SMILES string of the molecule is CN1CCC([C@@](C)(O)c2cccc(Cl)n2)CC1. The molecule has 0 aromatic carbocycles. The van der Waals surface area contributed by atoms with E-state index in [2.05, 4.69) is 16.9 Å². The molecule has 1 N–H and O–H groups in total. The van der Waals surface area contributed by atoms with Gasteiger partial charge in [-0.15, -0.1) is 0 Å². The molecule has 0 saturated carbocycles. The van der Waals surface area contributed by atoms with E-state index in [0.717, 1.165) is 25.9 Å². The van der Waals surface area contributed by atoms with E-state index in [4.69, 9.17) is 11.6 Å². The highest BCUT2D eigenvalue weighted by Gasteiger charge is 2.36. The Bertz CT molecular complexity index is 387. The first-order valence-corrected chi connectivity index (χ1v) is 6.42. The largest absolute Gasteiger partial charge is 0.384 e. The quantitative estimate of drug-likeness (QED) is 0.823. The van der Waals surface area contributed by atoms with Crippen LogP contribution < -0.4 is 0 Å². The van der Waals surface area contributed by atoms with E-state index in [1.807, 2.05) is 19.1 Å². The zero-order valence-electron chi connectivity index (χ0n) is 10.4. The number of hydrogen-bond acceptors (Lipinski definition) is 3. The molecule has 1 saturated heterocycles. The molecule has 4 heteroatoms. The summed E-state index contributed by atoms with van der Waals surface area (Å²) >= 11 is 5.88. The summed E-state index contributed by atoms with van der Waals surface area (Å²) in [7, 11) is 2.11. The molecule has 0 spiro atoms. The average Bonchev–Trinajstić information content (AvgIpc) is 2.29. The van der Waals surface area contributed by atoms with Crippen molar-refractivity contribution >= 4 is 11.6 Å². The summed E-state index contributed by atoms with van der Waals surface area (Å²) in [5.74, 6) is 0.254. The molecule has 1 atom stereocenters. The van der Waals surface area contributed by atoms with Crippen LogP contribution in [0.4, 0.5) is 0 Å². The maximum atomic E-state index is 10.7. The molecule has 1 fully saturated rings. The van der Waals surface area contributed by atoms with Crippen LogP contribution in [0.25, 0.3) is 0 Å². The second-order valence-electron chi connectivity index (χ2n) is 5.07. The number of likely N-dealkylation sites (tertiary alicyclic amines) is 1. The van der Waals surface area contributed by atoms with Gasteiger partial charge in [-0.2, -0.15) is 0 Å². The molecule has 1 aromatic heterocycles. The third-order valence-corrected chi connectivity index (χ3v) is 3.96. The van der Waals surface area contributed by atoms with Crippen molar-refractivity contribution in [3.8, 4) is 0 Å². The normalized spacial score (nSPS) is 22.4. The van der Waals surface area contributed by atoms with Gasteiger partial charge in [-0.1, -0.05) is 17.7 Å². The smallest absolute Gasteiger partial charge is 0.129 e. The summed E-state index contributed by atoms with van der Waals surface area (Å²) in [6, 6.07) is 5.42. The topological polar surface area (TPSA) is 36.4 Å². The van der Waals surface area contributed by atoms with Crippen LogP contribution in [-0.4, -0.2) is 35.1 Å². The van der Waals surface area contributed by atoms with Crippen LogP contribution in [-0.2, 0) is 5.60 Å². The lowest BCUT2D eigenvalue weighted by Gasteiger charge is -2.38. The van der Waals surface area contributed by atoms with E-state index in [-0.39, 0.29) is 5.92 Å². The van der Waals surface area contributed by atoms with Crippen LogP contribution in [0, 0.1) is 5.92 Å². The van der Waals surface area contributed by atoms with Crippen LogP contribution in [0.5, 0.6) is 0 Å². The second kappa shape index (κ2) is 4.92. The Morgan fingerprint density at radius 3 is 2.65 bits per heavy atom. The number of nitrogens with zero attached hydrogens (tertiary/aromatic N) is 2. The molecular weight excluding hydrogens is 236 g/mol. The molecule has 1 aromatic rings. The Balaban J connectivity index is 2.18. The van der Waals surface area contributed by atoms with Gasteiger partial charge in [0.15, 0.2) is 0 Å². The number of halogens is 1. The number of aromatic nitrogens is 1. The van der Waals surface area contributed by atoms with Crippen molar-refractivity contribution in [3.05, 3.63) is 29.0 Å². The van der Waals surface area contributed by atoms with Crippen molar-refractivity contribution in [3.63, 3.8) is 0 Å². The number of rotatable bonds is 2. The number of aliphatic hydroxyl groups is 1. The van der Waals surface area contributed by atoms with Crippen molar-refractivity contribution in [2.45, 2.75) is 25.4 Å². The lowest BCUT2D eigenvalue weighted by Crippen LogP contribution is -2.41. The molecule has 17 heavy (non-hydrogen) atoms. The highest BCUT2D eigenvalue weighted by molar-refractivity contribution is 6.29. The first kappa shape index (κ1) is 12.8. The van der Waals surface area contributed by atoms with E-state index < -0.39 is 5.60 Å². The molecule has 0 radical (unpaired) electrons. The van der Waals surface area contributed by atoms with Gasteiger partial charge in [0, 0.05) is 0 Å². The summed E-state index contributed by atoms with van der Waals surface area (Å²) in [4.78, 5) is 6.53. The molecule has 2 rings (SSSR count). The van der Waals surface area contributed by atoms with E-state index in [9.17, 15) is 5.11 Å². The molecule has 0 unspecified atom stereocenters. The van der Waals surface area contributed by atoms with E-state index in [1.165, 1.54) is 0 Å². The third-order valence-electron chi connectivity index (χ3n) is 3.75. The molecular formula is C13H19ClN2O. The lowest BCUT2D eigenvalue weighted by molar-refractivity contribution is -0.0336. The second-order valence-corrected chi connectivity index (χ2v) is 5.46. The van der Waals surface area contributed by atoms with Gasteiger partial charge in [0.05, 0.1) is 5.69 Å². The molecule has 0 aliphatic carbocycles. The standard InChI is InChI=1S/C13H19ClN2O/c1-13(17,10-6-8-16(2)9-7-10)11-4-3-5-12(14)15-11/h3-5,10,17H,6-9H2,1-2H3/t13-/m1/s1. The monoisotopic (exact) mass is 254 g/mol. The van der Waals surface area contributed by atoms with Crippen LogP contribution in [0.2, 0.25) is 5.15 Å². The highest BCUT2D eigenvalue weighted by Crippen LogP contribution is 2.35. The minimum absolute atomic E-state index is 0.254. The zero-order chi connectivity index (χ0) is 12.5. The van der Waals surface area contributed by atoms with Crippen LogP contribution in [0.1, 0.15) is 25.5 Å². The van der Waals surface area contributed by atoms with Gasteiger partial charge in [-0.3, -0.25) is 0 Å². The minimum atomic E-state index is -0.883. The minimum Gasteiger partial charge on any atom is -0.384 e. The maximum Gasteiger partial charge on any atom is 0.129 e. The van der Waals surface area contributed by atoms with Crippen molar-refractivity contribution in [2.24, 2.45) is 5.92 Å². The Morgan fingerprint density at radius 1 is 1.41 bits per heavy atom. The molecule has 0 bridgehead atoms. The predicted octanol–water partition coefficient (Wildman–Crippen LogP) is 2.28. The van der Waals surface area contributed by atoms with Crippen molar-refractivity contribution in [1.29, 1.82) is 0 Å².